The van der Waals surface area contributed by atoms with Crippen LogP contribution < -0.4 is 4.57 Å². The molecule has 0 saturated carbocycles. The molecule has 0 spiro atoms. The maximum Gasteiger partial charge on any atom is 0.345 e. The van der Waals surface area contributed by atoms with Crippen LogP contribution in [0.5, 0.6) is 0 Å². The quantitative estimate of drug-likeness (QED) is 0.725. The van der Waals surface area contributed by atoms with Crippen molar-refractivity contribution in [2.45, 2.75) is 38.5 Å². The number of rotatable bonds is 7. The predicted octanol–water partition coefficient (Wildman–Crippen LogP) is 2.33. The van der Waals surface area contributed by atoms with Crippen LogP contribution in [0.1, 0.15) is 31.9 Å². The Morgan fingerprint density at radius 3 is 2.70 bits per heavy atom. The van der Waals surface area contributed by atoms with Crippen molar-refractivity contribution in [3.63, 3.8) is 0 Å². The van der Waals surface area contributed by atoms with E-state index in [0.717, 1.165) is 12.1 Å². The van der Waals surface area contributed by atoms with Gasteiger partial charge in [0.15, 0.2) is 0 Å². The molecule has 5 nitrogen and oxygen atoms in total. The van der Waals surface area contributed by atoms with E-state index in [-0.39, 0.29) is 13.1 Å². The number of halogens is 3. The Labute approximate surface area is 116 Å². The minimum Gasteiger partial charge on any atom is -0.237 e. The zero-order valence-corrected chi connectivity index (χ0v) is 12.4. The predicted molar refractivity (Wildman–Crippen MR) is 67.9 cm³/mol. The first-order chi connectivity index (χ1) is 9.34. The molecule has 0 amide bonds. The van der Waals surface area contributed by atoms with Crippen LogP contribution >= 0.6 is 0 Å². The summed E-state index contributed by atoms with van der Waals surface area (Å²) in [7, 11) is -2.66. The van der Waals surface area contributed by atoms with Crippen molar-refractivity contribution >= 4 is 10.0 Å². The Hall–Kier alpha value is -1.09. The number of alkyl halides is 2. The van der Waals surface area contributed by atoms with E-state index in [1.807, 2.05) is 17.8 Å². The normalized spacial score (nSPS) is 16.1. The van der Waals surface area contributed by atoms with Gasteiger partial charge in [0.05, 0.1) is 13.6 Å². The lowest BCUT2D eigenvalue weighted by molar-refractivity contribution is -0.694. The number of aromatic nitrogens is 2. The van der Waals surface area contributed by atoms with Crippen molar-refractivity contribution in [2.24, 2.45) is 11.4 Å². The van der Waals surface area contributed by atoms with Gasteiger partial charge < -0.3 is 0 Å². The summed E-state index contributed by atoms with van der Waals surface area (Å²) in [6.07, 6.45) is 4.61. The molecule has 1 rings (SSSR count). The SMILES string of the molecule is CCC(C)c1c[n+](CCN=S(=O)(OF)C(F)F)cn1C. The van der Waals surface area contributed by atoms with Gasteiger partial charge in [0.1, 0.15) is 18.4 Å². The topological polar surface area (TPSA) is 47.5 Å². The minimum atomic E-state index is -4.53. The molecule has 0 saturated heterocycles. The van der Waals surface area contributed by atoms with Gasteiger partial charge in [0.2, 0.25) is 6.33 Å². The lowest BCUT2D eigenvalue weighted by atomic mass is 10.1. The molecule has 0 aliphatic carbocycles. The Kier molecular flexibility index (Phi) is 6.00. The first-order valence-electron chi connectivity index (χ1n) is 6.19. The second kappa shape index (κ2) is 7.07. The summed E-state index contributed by atoms with van der Waals surface area (Å²) in [6.45, 7) is 4.14. The summed E-state index contributed by atoms with van der Waals surface area (Å²) < 4.78 is 57.2. The van der Waals surface area contributed by atoms with Crippen LogP contribution in [0.4, 0.5) is 13.3 Å². The molecule has 0 aromatic carbocycles. The lowest BCUT2D eigenvalue weighted by Gasteiger charge is -2.02. The second-order valence-electron chi connectivity index (χ2n) is 4.52. The van der Waals surface area contributed by atoms with E-state index in [4.69, 9.17) is 0 Å². The molecule has 116 valence electrons. The molecule has 9 heteroatoms. The highest BCUT2D eigenvalue weighted by molar-refractivity contribution is 7.89. The van der Waals surface area contributed by atoms with Gasteiger partial charge in [-0.25, -0.2) is 17.7 Å². The zero-order chi connectivity index (χ0) is 15.3. The summed E-state index contributed by atoms with van der Waals surface area (Å²) in [5.74, 6) is -3.11. The third-order valence-corrected chi connectivity index (χ3v) is 4.26. The average Bonchev–Trinajstić information content (AvgIpc) is 2.78. The summed E-state index contributed by atoms with van der Waals surface area (Å²) >= 11 is 0. The highest BCUT2D eigenvalue weighted by atomic mass is 32.2. The van der Waals surface area contributed by atoms with Crippen molar-refractivity contribution in [1.29, 1.82) is 0 Å². The van der Waals surface area contributed by atoms with Crippen molar-refractivity contribution in [2.75, 3.05) is 6.54 Å². The molecule has 0 aliphatic heterocycles. The van der Waals surface area contributed by atoms with Crippen LogP contribution in [0.2, 0.25) is 0 Å². The summed E-state index contributed by atoms with van der Waals surface area (Å²) in [5.41, 5.74) is 1.09. The van der Waals surface area contributed by atoms with Gasteiger partial charge in [-0.15, -0.1) is 0 Å². The van der Waals surface area contributed by atoms with Gasteiger partial charge in [0, 0.05) is 5.92 Å². The highest BCUT2D eigenvalue weighted by Gasteiger charge is 2.24. The van der Waals surface area contributed by atoms with Gasteiger partial charge in [-0.2, -0.15) is 8.78 Å². The van der Waals surface area contributed by atoms with E-state index in [0.29, 0.717) is 5.92 Å². The number of aryl methyl sites for hydroxylation is 1. The molecule has 0 bridgehead atoms. The fourth-order valence-corrected chi connectivity index (χ4v) is 2.32. The maximum absolute atomic E-state index is 12.3. The minimum absolute atomic E-state index is 0.220. The Balaban J connectivity index is 2.77. The largest absolute Gasteiger partial charge is 0.345 e. The molecular weight excluding hydrogens is 295 g/mol. The monoisotopic (exact) mass is 314 g/mol. The second-order valence-corrected chi connectivity index (χ2v) is 6.29. The molecule has 1 aromatic heterocycles. The van der Waals surface area contributed by atoms with E-state index < -0.39 is 15.8 Å². The number of hydrogen-bond donors (Lipinski definition) is 0. The van der Waals surface area contributed by atoms with E-state index in [1.165, 1.54) is 0 Å². The number of imidazole rings is 1. The molecule has 20 heavy (non-hydrogen) atoms. The maximum atomic E-state index is 12.3. The van der Waals surface area contributed by atoms with E-state index in [2.05, 4.69) is 22.6 Å². The van der Waals surface area contributed by atoms with Crippen molar-refractivity contribution < 1.29 is 26.5 Å². The number of hydrogen-bond acceptors (Lipinski definition) is 3. The van der Waals surface area contributed by atoms with Crippen molar-refractivity contribution in [3.8, 4) is 0 Å². The van der Waals surface area contributed by atoms with Gasteiger partial charge in [-0.05, 0) is 10.9 Å². The Bertz CT molecular complexity index is 553. The van der Waals surface area contributed by atoms with Gasteiger partial charge in [0.25, 0.3) is 10.0 Å². The molecule has 0 radical (unpaired) electrons. The first-order valence-corrected chi connectivity index (χ1v) is 7.69. The third-order valence-electron chi connectivity index (χ3n) is 3.09. The molecule has 2 atom stereocenters. The molecule has 0 aliphatic rings. The van der Waals surface area contributed by atoms with Crippen LogP contribution in [0.15, 0.2) is 16.9 Å². The Morgan fingerprint density at radius 2 is 2.20 bits per heavy atom. The van der Waals surface area contributed by atoms with E-state index >= 15 is 0 Å². The van der Waals surface area contributed by atoms with Crippen LogP contribution in [0.3, 0.4) is 0 Å². The van der Waals surface area contributed by atoms with E-state index in [1.54, 1.807) is 10.9 Å². The van der Waals surface area contributed by atoms with Crippen LogP contribution in [-0.2, 0) is 28.0 Å². The van der Waals surface area contributed by atoms with Gasteiger partial charge in [-0.1, -0.05) is 18.2 Å². The highest BCUT2D eigenvalue weighted by Crippen LogP contribution is 2.16. The fraction of sp³-hybridized carbons (Fsp3) is 0.727. The summed E-state index contributed by atoms with van der Waals surface area (Å²) in [5, 5.41) is 0. The average molecular weight is 314 g/mol. The molecule has 1 aromatic rings. The van der Waals surface area contributed by atoms with Gasteiger partial charge in [-0.3, -0.25) is 0 Å². The fourth-order valence-electron chi connectivity index (χ4n) is 1.78. The molecule has 2 unspecified atom stereocenters. The van der Waals surface area contributed by atoms with Crippen LogP contribution in [0.25, 0.3) is 0 Å². The molecule has 0 N–H and O–H groups in total. The first kappa shape index (κ1) is 17.0. The van der Waals surface area contributed by atoms with Crippen LogP contribution in [0, 0.1) is 0 Å². The van der Waals surface area contributed by atoms with Crippen LogP contribution in [-0.4, -0.2) is 21.1 Å². The zero-order valence-electron chi connectivity index (χ0n) is 11.6. The summed E-state index contributed by atoms with van der Waals surface area (Å²) in [6, 6.07) is 0. The smallest absolute Gasteiger partial charge is 0.237 e. The van der Waals surface area contributed by atoms with Gasteiger partial charge >= 0.3 is 5.76 Å². The molecule has 0 fully saturated rings. The van der Waals surface area contributed by atoms with Crippen molar-refractivity contribution in [1.82, 2.24) is 4.57 Å². The molecule has 1 heterocycles. The third kappa shape index (κ3) is 3.95. The van der Waals surface area contributed by atoms with E-state index in [9.17, 15) is 17.5 Å². The molecular formula is C11H19F3N3O2S+. The standard InChI is InChI=1S/C11H19F3N3O2S/c1-4-9(2)10-7-17(8-16(10)3)6-5-15-20(18,19-14)11(12)13/h7-9,11H,4-6H2,1-3H3/q+1. The van der Waals surface area contributed by atoms with Crippen molar-refractivity contribution in [3.05, 3.63) is 18.2 Å². The Morgan fingerprint density at radius 1 is 1.55 bits per heavy atom. The summed E-state index contributed by atoms with van der Waals surface area (Å²) in [4.78, 5) is 0. The lowest BCUT2D eigenvalue weighted by Crippen LogP contribution is -2.33. The number of nitrogens with zero attached hydrogens (tertiary/aromatic N) is 3.